The first-order valence-electron chi connectivity index (χ1n) is 3.50. The zero-order valence-corrected chi connectivity index (χ0v) is 6.58. The maximum atomic E-state index is 4.19. The first kappa shape index (κ1) is 7.13. The lowest BCUT2D eigenvalue weighted by Crippen LogP contribution is -2.01. The Bertz CT molecular complexity index is 101. The minimum absolute atomic E-state index is 0.593. The SMILES string of the molecule is CCCCC1CS[C]=N1. The van der Waals surface area contributed by atoms with E-state index < -0.39 is 0 Å². The fourth-order valence-corrected chi connectivity index (χ4v) is 1.60. The standard InChI is InChI=1S/C7H12NS/c1-2-3-4-7-5-9-6-8-7/h7H,2-5H2,1H3. The summed E-state index contributed by atoms with van der Waals surface area (Å²) in [5.74, 6) is 1.17. The Morgan fingerprint density at radius 3 is 3.22 bits per heavy atom. The van der Waals surface area contributed by atoms with Crippen LogP contribution in [0.3, 0.4) is 0 Å². The van der Waals surface area contributed by atoms with E-state index in [1.165, 1.54) is 25.0 Å². The zero-order chi connectivity index (χ0) is 6.53. The van der Waals surface area contributed by atoms with E-state index in [4.69, 9.17) is 0 Å². The molecule has 1 unspecified atom stereocenters. The summed E-state index contributed by atoms with van der Waals surface area (Å²) >= 11 is 1.72. The molecule has 0 saturated heterocycles. The van der Waals surface area contributed by atoms with Gasteiger partial charge in [0.1, 0.15) is 5.55 Å². The van der Waals surface area contributed by atoms with Crippen molar-refractivity contribution >= 4 is 17.3 Å². The zero-order valence-electron chi connectivity index (χ0n) is 5.76. The van der Waals surface area contributed by atoms with Crippen LogP contribution in [0.1, 0.15) is 26.2 Å². The van der Waals surface area contributed by atoms with Crippen LogP contribution in [-0.2, 0) is 0 Å². The molecule has 1 aliphatic rings. The Morgan fingerprint density at radius 2 is 2.67 bits per heavy atom. The second kappa shape index (κ2) is 3.94. The van der Waals surface area contributed by atoms with Crippen molar-refractivity contribution in [3.8, 4) is 0 Å². The van der Waals surface area contributed by atoms with Crippen LogP contribution in [0.5, 0.6) is 0 Å². The van der Waals surface area contributed by atoms with Crippen LogP contribution in [0, 0.1) is 0 Å². The van der Waals surface area contributed by atoms with Crippen molar-refractivity contribution < 1.29 is 0 Å². The summed E-state index contributed by atoms with van der Waals surface area (Å²) < 4.78 is 0. The summed E-state index contributed by atoms with van der Waals surface area (Å²) in [5, 5.41) is 0. The van der Waals surface area contributed by atoms with Crippen LogP contribution < -0.4 is 0 Å². The highest BCUT2D eigenvalue weighted by Crippen LogP contribution is 2.15. The predicted molar refractivity (Wildman–Crippen MR) is 43.2 cm³/mol. The molecule has 1 radical (unpaired) electrons. The van der Waals surface area contributed by atoms with Gasteiger partial charge in [-0.25, -0.2) is 0 Å². The van der Waals surface area contributed by atoms with Crippen molar-refractivity contribution in [3.63, 3.8) is 0 Å². The Hall–Kier alpha value is 0.0200. The van der Waals surface area contributed by atoms with Crippen LogP contribution >= 0.6 is 11.8 Å². The van der Waals surface area contributed by atoms with Gasteiger partial charge in [-0.3, -0.25) is 4.99 Å². The Labute approximate surface area is 60.9 Å². The molecule has 0 bridgehead atoms. The average Bonchev–Trinajstić information content (AvgIpc) is 2.34. The highest BCUT2D eigenvalue weighted by molar-refractivity contribution is 8.12. The Morgan fingerprint density at radius 1 is 1.78 bits per heavy atom. The van der Waals surface area contributed by atoms with E-state index in [9.17, 15) is 0 Å². The molecule has 1 heterocycles. The molecular weight excluding hydrogens is 130 g/mol. The van der Waals surface area contributed by atoms with Gasteiger partial charge in [-0.05, 0) is 6.42 Å². The molecule has 9 heavy (non-hydrogen) atoms. The second-order valence-electron chi connectivity index (χ2n) is 2.33. The van der Waals surface area contributed by atoms with Crippen LogP contribution in [-0.4, -0.2) is 17.3 Å². The summed E-state index contributed by atoms with van der Waals surface area (Å²) in [7, 11) is 0. The molecule has 51 valence electrons. The van der Waals surface area contributed by atoms with Crippen molar-refractivity contribution in [1.82, 2.24) is 0 Å². The monoisotopic (exact) mass is 142 g/mol. The fourth-order valence-electron chi connectivity index (χ4n) is 0.870. The molecular formula is C7H12NS. The molecule has 0 aromatic heterocycles. The summed E-state index contributed by atoms with van der Waals surface area (Å²) in [6.07, 6.45) is 3.86. The van der Waals surface area contributed by atoms with Crippen molar-refractivity contribution in [2.45, 2.75) is 32.2 Å². The summed E-state index contributed by atoms with van der Waals surface area (Å²) in [6.45, 7) is 2.22. The summed E-state index contributed by atoms with van der Waals surface area (Å²) in [6, 6.07) is 0.593. The number of hydrogen-bond acceptors (Lipinski definition) is 2. The molecule has 1 aliphatic heterocycles. The lowest BCUT2D eigenvalue weighted by atomic mass is 10.1. The van der Waals surface area contributed by atoms with Crippen LogP contribution in [0.2, 0.25) is 0 Å². The first-order valence-corrected chi connectivity index (χ1v) is 4.48. The van der Waals surface area contributed by atoms with Crippen molar-refractivity contribution in [2.24, 2.45) is 4.99 Å². The number of unbranched alkanes of at least 4 members (excludes halogenated alkanes) is 1. The molecule has 0 saturated carbocycles. The minimum atomic E-state index is 0.593. The first-order chi connectivity index (χ1) is 4.43. The normalized spacial score (nSPS) is 25.2. The molecule has 0 N–H and O–H groups in total. The topological polar surface area (TPSA) is 12.4 Å². The molecule has 1 rings (SSSR count). The molecule has 1 atom stereocenters. The van der Waals surface area contributed by atoms with Gasteiger partial charge in [0.15, 0.2) is 0 Å². The van der Waals surface area contributed by atoms with E-state index in [1.54, 1.807) is 11.8 Å². The number of rotatable bonds is 3. The molecule has 1 nitrogen and oxygen atoms in total. The minimum Gasteiger partial charge on any atom is -0.271 e. The number of nitrogens with zero attached hydrogens (tertiary/aromatic N) is 1. The maximum Gasteiger partial charge on any atom is 0.123 e. The van der Waals surface area contributed by atoms with Crippen molar-refractivity contribution in [2.75, 3.05) is 5.75 Å². The largest absolute Gasteiger partial charge is 0.271 e. The Balaban J connectivity index is 2.05. The van der Waals surface area contributed by atoms with Gasteiger partial charge in [0, 0.05) is 5.75 Å². The third-order valence-electron chi connectivity index (χ3n) is 1.47. The van der Waals surface area contributed by atoms with Crippen molar-refractivity contribution in [3.05, 3.63) is 0 Å². The maximum absolute atomic E-state index is 4.19. The molecule has 0 aromatic rings. The summed E-state index contributed by atoms with van der Waals surface area (Å²) in [5.41, 5.74) is 2.92. The van der Waals surface area contributed by atoms with Crippen LogP contribution in [0.25, 0.3) is 0 Å². The molecule has 0 aromatic carbocycles. The lowest BCUT2D eigenvalue weighted by Gasteiger charge is -2.01. The van der Waals surface area contributed by atoms with Gasteiger partial charge >= 0.3 is 0 Å². The van der Waals surface area contributed by atoms with Gasteiger partial charge in [-0.2, -0.15) is 0 Å². The van der Waals surface area contributed by atoms with Gasteiger partial charge in [-0.1, -0.05) is 19.8 Å². The van der Waals surface area contributed by atoms with E-state index in [0.29, 0.717) is 6.04 Å². The van der Waals surface area contributed by atoms with E-state index in [-0.39, 0.29) is 0 Å². The Kier molecular flexibility index (Phi) is 3.12. The van der Waals surface area contributed by atoms with E-state index in [1.807, 2.05) is 0 Å². The third-order valence-corrected chi connectivity index (χ3v) is 2.25. The van der Waals surface area contributed by atoms with E-state index >= 15 is 0 Å². The third kappa shape index (κ3) is 2.39. The van der Waals surface area contributed by atoms with Gasteiger partial charge in [0.05, 0.1) is 6.04 Å². The van der Waals surface area contributed by atoms with E-state index in [0.717, 1.165) is 0 Å². The molecule has 0 spiro atoms. The lowest BCUT2D eigenvalue weighted by molar-refractivity contribution is 0.631. The van der Waals surface area contributed by atoms with Crippen molar-refractivity contribution in [1.29, 1.82) is 0 Å². The van der Waals surface area contributed by atoms with Gasteiger partial charge in [0.2, 0.25) is 0 Å². The van der Waals surface area contributed by atoms with Crippen LogP contribution in [0.4, 0.5) is 0 Å². The molecule has 2 heteroatoms. The molecule has 0 amide bonds. The predicted octanol–water partition coefficient (Wildman–Crippen LogP) is 2.20. The quantitative estimate of drug-likeness (QED) is 0.588. The van der Waals surface area contributed by atoms with Gasteiger partial charge < -0.3 is 0 Å². The number of aliphatic imine (C=N–C) groups is 1. The van der Waals surface area contributed by atoms with E-state index in [2.05, 4.69) is 17.5 Å². The number of thioether (sulfide) groups is 1. The number of hydrogen-bond donors (Lipinski definition) is 0. The van der Waals surface area contributed by atoms with Gasteiger partial charge in [0.25, 0.3) is 0 Å². The highest BCUT2D eigenvalue weighted by Gasteiger charge is 2.09. The molecule has 0 aliphatic carbocycles. The average molecular weight is 142 g/mol. The van der Waals surface area contributed by atoms with Gasteiger partial charge in [-0.15, -0.1) is 11.8 Å². The summed E-state index contributed by atoms with van der Waals surface area (Å²) in [4.78, 5) is 4.19. The fraction of sp³-hybridized carbons (Fsp3) is 0.857. The highest BCUT2D eigenvalue weighted by atomic mass is 32.2. The second-order valence-corrected chi connectivity index (χ2v) is 3.13. The molecule has 0 fully saturated rings. The van der Waals surface area contributed by atoms with Crippen LogP contribution in [0.15, 0.2) is 4.99 Å². The smallest absolute Gasteiger partial charge is 0.123 e.